The minimum atomic E-state index is -0.653. The van der Waals surface area contributed by atoms with Crippen molar-refractivity contribution in [1.29, 1.82) is 5.41 Å². The number of imidazole rings is 1. The highest BCUT2D eigenvalue weighted by atomic mass is 19.1. The van der Waals surface area contributed by atoms with Crippen molar-refractivity contribution in [3.05, 3.63) is 90.1 Å². The van der Waals surface area contributed by atoms with Crippen LogP contribution in [0.1, 0.15) is 62.7 Å². The second-order valence-electron chi connectivity index (χ2n) is 10.7. The zero-order chi connectivity index (χ0) is 27.3. The lowest BCUT2D eigenvalue weighted by molar-refractivity contribution is -0.00854. The standard InChI is InChI=1S/C30H39FN6O/c1-21(7-4-11-27(32)36-17-14-23(15-18-36)30(2,3)38)25-20-34-29(35-25)13-12-28(33)37-16-6-10-26(37)22-8-5-9-24(31)19-22/h4-5,7-9,11-13,19-20,23,26,33,38H,1,6,10,14-18,32H2,2-3H3,(H,34,35)/b7-4-,13-12-,27-11+,33-28?. The number of likely N-dealkylation sites (tertiary alicyclic amines) is 2. The number of piperidine rings is 1. The number of rotatable bonds is 8. The van der Waals surface area contributed by atoms with E-state index >= 15 is 0 Å². The van der Waals surface area contributed by atoms with Crippen LogP contribution in [-0.2, 0) is 0 Å². The van der Waals surface area contributed by atoms with Crippen molar-refractivity contribution in [2.45, 2.75) is 51.2 Å². The molecule has 0 saturated carbocycles. The number of aromatic nitrogens is 2. The smallest absolute Gasteiger partial charge is 0.130 e. The van der Waals surface area contributed by atoms with Gasteiger partial charge in [-0.1, -0.05) is 30.9 Å². The van der Waals surface area contributed by atoms with E-state index in [-0.39, 0.29) is 11.9 Å². The van der Waals surface area contributed by atoms with Gasteiger partial charge in [-0.15, -0.1) is 0 Å². The molecule has 2 aliphatic rings. The third-order valence-corrected chi connectivity index (χ3v) is 7.56. The van der Waals surface area contributed by atoms with Crippen LogP contribution in [0.2, 0.25) is 0 Å². The number of nitrogens with one attached hydrogen (secondary N) is 2. The fraction of sp³-hybridized carbons (Fsp3) is 0.400. The highest BCUT2D eigenvalue weighted by molar-refractivity contribution is 5.94. The third kappa shape index (κ3) is 6.81. The topological polar surface area (TPSA) is 105 Å². The Hall–Kier alpha value is -3.65. The maximum absolute atomic E-state index is 13.7. The highest BCUT2D eigenvalue weighted by Crippen LogP contribution is 2.32. The van der Waals surface area contributed by atoms with Gasteiger partial charge in [0.25, 0.3) is 0 Å². The van der Waals surface area contributed by atoms with Gasteiger partial charge >= 0.3 is 0 Å². The van der Waals surface area contributed by atoms with Gasteiger partial charge in [-0.05, 0) is 86.9 Å². The lowest BCUT2D eigenvalue weighted by Gasteiger charge is -2.38. The van der Waals surface area contributed by atoms with Crippen LogP contribution in [0.5, 0.6) is 0 Å². The number of H-pyrrole nitrogens is 1. The van der Waals surface area contributed by atoms with Gasteiger partial charge in [0, 0.05) is 19.6 Å². The lowest BCUT2D eigenvalue weighted by atomic mass is 9.83. The molecule has 2 saturated heterocycles. The summed E-state index contributed by atoms with van der Waals surface area (Å²) in [5, 5.41) is 18.8. The molecule has 1 unspecified atom stereocenters. The molecule has 3 heterocycles. The Morgan fingerprint density at radius 1 is 1.24 bits per heavy atom. The second-order valence-corrected chi connectivity index (χ2v) is 10.7. The zero-order valence-corrected chi connectivity index (χ0v) is 22.3. The van der Waals surface area contributed by atoms with E-state index in [0.717, 1.165) is 62.1 Å². The van der Waals surface area contributed by atoms with Crippen molar-refractivity contribution in [3.8, 4) is 0 Å². The second kappa shape index (κ2) is 11.8. The van der Waals surface area contributed by atoms with E-state index in [0.29, 0.717) is 23.4 Å². The van der Waals surface area contributed by atoms with E-state index in [2.05, 4.69) is 21.4 Å². The molecular formula is C30H39FN6O. The Kier molecular flexibility index (Phi) is 8.52. The molecular weight excluding hydrogens is 479 g/mol. The summed E-state index contributed by atoms with van der Waals surface area (Å²) in [7, 11) is 0. The summed E-state index contributed by atoms with van der Waals surface area (Å²) >= 11 is 0. The molecule has 202 valence electrons. The fourth-order valence-electron chi connectivity index (χ4n) is 5.26. The quantitative estimate of drug-likeness (QED) is 0.218. The first-order valence-electron chi connectivity index (χ1n) is 13.3. The first kappa shape index (κ1) is 27.4. The normalized spacial score (nSPS) is 19.7. The van der Waals surface area contributed by atoms with E-state index in [1.54, 1.807) is 30.5 Å². The van der Waals surface area contributed by atoms with Crippen LogP contribution >= 0.6 is 0 Å². The number of halogens is 1. The first-order valence-corrected chi connectivity index (χ1v) is 13.3. The SMILES string of the molecule is C=C(/C=C\C=C(/N)N1CCC(C(C)(C)O)CC1)c1cnc(/C=C\C(=N)N2CCCC2c2cccc(F)c2)[nH]1. The summed E-state index contributed by atoms with van der Waals surface area (Å²) in [5.74, 6) is 1.75. The van der Waals surface area contributed by atoms with E-state index in [1.807, 2.05) is 43.0 Å². The Morgan fingerprint density at radius 2 is 2.00 bits per heavy atom. The Balaban J connectivity index is 1.31. The van der Waals surface area contributed by atoms with Crippen molar-refractivity contribution in [2.75, 3.05) is 19.6 Å². The Bertz CT molecular complexity index is 1230. The van der Waals surface area contributed by atoms with E-state index < -0.39 is 5.60 Å². The Labute approximate surface area is 224 Å². The number of benzene rings is 1. The van der Waals surface area contributed by atoms with Crippen LogP contribution in [0.15, 0.2) is 67.2 Å². The van der Waals surface area contributed by atoms with Gasteiger partial charge in [-0.3, -0.25) is 5.41 Å². The molecule has 38 heavy (non-hydrogen) atoms. The zero-order valence-electron chi connectivity index (χ0n) is 22.3. The number of hydrogen-bond acceptors (Lipinski definition) is 5. The van der Waals surface area contributed by atoms with Crippen LogP contribution in [0.3, 0.4) is 0 Å². The molecule has 0 amide bonds. The van der Waals surface area contributed by atoms with Gasteiger partial charge in [0.2, 0.25) is 0 Å². The molecule has 2 aliphatic heterocycles. The van der Waals surface area contributed by atoms with Crippen LogP contribution in [0, 0.1) is 17.1 Å². The van der Waals surface area contributed by atoms with Gasteiger partial charge < -0.3 is 25.6 Å². The summed E-state index contributed by atoms with van der Waals surface area (Å²) in [4.78, 5) is 11.8. The Morgan fingerprint density at radius 3 is 2.71 bits per heavy atom. The lowest BCUT2D eigenvalue weighted by Crippen LogP contribution is -2.42. The predicted octanol–water partition coefficient (Wildman–Crippen LogP) is 5.23. The maximum Gasteiger partial charge on any atom is 0.130 e. The van der Waals surface area contributed by atoms with Crippen LogP contribution < -0.4 is 5.73 Å². The molecule has 0 aliphatic carbocycles. The number of aromatic amines is 1. The highest BCUT2D eigenvalue weighted by Gasteiger charge is 2.30. The molecule has 0 radical (unpaired) electrons. The molecule has 2 aromatic rings. The molecule has 4 rings (SSSR count). The average molecular weight is 519 g/mol. The number of amidine groups is 1. The van der Waals surface area contributed by atoms with Gasteiger partial charge in [-0.2, -0.15) is 0 Å². The van der Waals surface area contributed by atoms with Gasteiger partial charge in [0.15, 0.2) is 0 Å². The number of aliphatic hydroxyl groups is 1. The molecule has 0 spiro atoms. The van der Waals surface area contributed by atoms with Crippen molar-refractivity contribution in [2.24, 2.45) is 11.7 Å². The third-order valence-electron chi connectivity index (χ3n) is 7.56. The predicted molar refractivity (Wildman–Crippen MR) is 151 cm³/mol. The van der Waals surface area contributed by atoms with Crippen LogP contribution in [-0.4, -0.2) is 55.9 Å². The minimum Gasteiger partial charge on any atom is -0.390 e. The van der Waals surface area contributed by atoms with E-state index in [4.69, 9.17) is 11.1 Å². The number of nitrogens with zero attached hydrogens (tertiary/aromatic N) is 3. The maximum atomic E-state index is 13.7. The van der Waals surface area contributed by atoms with Crippen molar-refractivity contribution < 1.29 is 9.50 Å². The number of nitrogens with two attached hydrogens (primary N) is 1. The minimum absolute atomic E-state index is 0.00769. The van der Waals surface area contributed by atoms with Gasteiger partial charge in [-0.25, -0.2) is 9.37 Å². The summed E-state index contributed by atoms with van der Waals surface area (Å²) in [6, 6.07) is 6.65. The van der Waals surface area contributed by atoms with Gasteiger partial charge in [0.05, 0.1) is 29.4 Å². The summed E-state index contributed by atoms with van der Waals surface area (Å²) < 4.78 is 13.7. The van der Waals surface area contributed by atoms with Gasteiger partial charge in [0.1, 0.15) is 17.5 Å². The van der Waals surface area contributed by atoms with Crippen molar-refractivity contribution >= 4 is 17.5 Å². The summed E-state index contributed by atoms with van der Waals surface area (Å²) in [6.07, 6.45) is 14.6. The molecule has 5 N–H and O–H groups in total. The molecule has 1 aromatic carbocycles. The van der Waals surface area contributed by atoms with E-state index in [9.17, 15) is 9.50 Å². The molecule has 0 bridgehead atoms. The first-order chi connectivity index (χ1) is 18.1. The summed E-state index contributed by atoms with van der Waals surface area (Å²) in [5.41, 5.74) is 8.07. The largest absolute Gasteiger partial charge is 0.390 e. The molecule has 8 heteroatoms. The average Bonchev–Trinajstić information content (AvgIpc) is 3.57. The van der Waals surface area contributed by atoms with Crippen LogP contribution in [0.25, 0.3) is 11.6 Å². The van der Waals surface area contributed by atoms with Crippen molar-refractivity contribution in [3.63, 3.8) is 0 Å². The summed E-state index contributed by atoms with van der Waals surface area (Å²) in [6.45, 7) is 10.3. The molecule has 7 nitrogen and oxygen atoms in total. The van der Waals surface area contributed by atoms with Crippen LogP contribution in [0.4, 0.5) is 4.39 Å². The van der Waals surface area contributed by atoms with E-state index in [1.165, 1.54) is 6.07 Å². The molecule has 1 atom stereocenters. The fourth-order valence-corrected chi connectivity index (χ4v) is 5.26. The monoisotopic (exact) mass is 518 g/mol. The van der Waals surface area contributed by atoms with Crippen molar-refractivity contribution in [1.82, 2.24) is 19.8 Å². The molecule has 1 aromatic heterocycles. The number of hydrogen-bond donors (Lipinski definition) is 4. The molecule has 2 fully saturated rings. The number of allylic oxidation sites excluding steroid dienone is 4.